The zero-order chi connectivity index (χ0) is 27.8. The summed E-state index contributed by atoms with van der Waals surface area (Å²) < 4.78 is 17.7. The number of hydrogen-bond acceptors (Lipinski definition) is 6. The monoisotopic (exact) mass is 530 g/mol. The van der Waals surface area contributed by atoms with Gasteiger partial charge in [-0.05, 0) is 60.8 Å². The fourth-order valence-corrected chi connectivity index (χ4v) is 5.17. The molecule has 1 fully saturated rings. The van der Waals surface area contributed by atoms with Crippen LogP contribution in [0, 0.1) is 0 Å². The Kier molecular flexibility index (Phi) is 9.54. The van der Waals surface area contributed by atoms with Crippen LogP contribution in [-0.4, -0.2) is 37.9 Å². The number of aliphatic hydroxyl groups is 1. The predicted octanol–water partition coefficient (Wildman–Crippen LogP) is 5.82. The zero-order valence-electron chi connectivity index (χ0n) is 23.4. The lowest BCUT2D eigenvalue weighted by Gasteiger charge is -2.28. The first-order valence-corrected chi connectivity index (χ1v) is 13.8. The van der Waals surface area contributed by atoms with Crippen molar-refractivity contribution >= 4 is 35.5 Å². The summed E-state index contributed by atoms with van der Waals surface area (Å²) in [6, 6.07) is 21.1. The Hall–Kier alpha value is -3.49. The summed E-state index contributed by atoms with van der Waals surface area (Å²) in [4.78, 5) is 16.1. The molecule has 0 spiro atoms. The third kappa shape index (κ3) is 6.07. The first-order valence-electron chi connectivity index (χ1n) is 13.8. The van der Waals surface area contributed by atoms with E-state index < -0.39 is 12.7 Å². The zero-order valence-corrected chi connectivity index (χ0v) is 23.4. The third-order valence-corrected chi connectivity index (χ3v) is 7.34. The van der Waals surface area contributed by atoms with Gasteiger partial charge in [-0.2, -0.15) is 0 Å². The lowest BCUT2D eigenvalue weighted by molar-refractivity contribution is -0.130. The minimum atomic E-state index is -0.926. The van der Waals surface area contributed by atoms with E-state index in [9.17, 15) is 9.90 Å². The van der Waals surface area contributed by atoms with E-state index in [1.165, 1.54) is 0 Å². The fraction of sp³-hybridized carbons (Fsp3) is 0.387. The molecule has 1 saturated heterocycles. The summed E-state index contributed by atoms with van der Waals surface area (Å²) in [5.41, 5.74) is 2.97. The van der Waals surface area contributed by atoms with Crippen LogP contribution in [0.1, 0.15) is 57.9 Å². The molecule has 0 radical (unpaired) electrons. The molecule has 0 aliphatic carbocycles. The summed E-state index contributed by atoms with van der Waals surface area (Å²) in [6.07, 6.45) is 5.01. The summed E-state index contributed by atoms with van der Waals surface area (Å²) in [6.45, 7) is 4.03. The number of nitrogens with one attached hydrogen (secondary N) is 1. The van der Waals surface area contributed by atoms with E-state index in [1.807, 2.05) is 66.7 Å². The molecule has 1 aliphatic heterocycles. The van der Waals surface area contributed by atoms with E-state index in [1.54, 1.807) is 19.0 Å². The van der Waals surface area contributed by atoms with Gasteiger partial charge in [-0.3, -0.25) is 4.79 Å². The SMILES string of the molecule is CCCCC1(CCCC)OB(c2ccc(Nc3ccc(OC)cc3)cc2)N(c2c(CO)cccc2OC)C1=O. The topological polar surface area (TPSA) is 80.3 Å². The second-order valence-corrected chi connectivity index (χ2v) is 9.95. The van der Waals surface area contributed by atoms with Gasteiger partial charge < -0.3 is 29.4 Å². The molecular weight excluding hydrogens is 491 g/mol. The molecule has 2 N–H and O–H groups in total. The van der Waals surface area contributed by atoms with Gasteiger partial charge in [-0.1, -0.05) is 63.8 Å². The van der Waals surface area contributed by atoms with Crippen LogP contribution in [0.5, 0.6) is 11.5 Å². The van der Waals surface area contributed by atoms with Crippen LogP contribution in [0.2, 0.25) is 0 Å². The van der Waals surface area contributed by atoms with Crippen LogP contribution in [0.4, 0.5) is 17.1 Å². The largest absolute Gasteiger partial charge is 0.497 e. The second-order valence-electron chi connectivity index (χ2n) is 9.95. The maximum absolute atomic E-state index is 14.4. The maximum Gasteiger partial charge on any atom is 0.459 e. The Labute approximate surface area is 232 Å². The average Bonchev–Trinajstić information content (AvgIpc) is 3.26. The van der Waals surface area contributed by atoms with Gasteiger partial charge in [0.2, 0.25) is 5.91 Å². The van der Waals surface area contributed by atoms with Crippen molar-refractivity contribution in [3.05, 3.63) is 72.3 Å². The van der Waals surface area contributed by atoms with Crippen molar-refractivity contribution in [1.82, 2.24) is 0 Å². The number of hydrogen-bond donors (Lipinski definition) is 2. The number of methoxy groups -OCH3 is 2. The molecule has 3 aromatic carbocycles. The molecule has 0 unspecified atom stereocenters. The Morgan fingerprint density at radius 3 is 2.05 bits per heavy atom. The van der Waals surface area contributed by atoms with E-state index >= 15 is 0 Å². The van der Waals surface area contributed by atoms with Crippen molar-refractivity contribution in [3.8, 4) is 11.5 Å². The average molecular weight is 530 g/mol. The molecule has 3 aromatic rings. The quantitative estimate of drug-likeness (QED) is 0.271. The number of amides is 1. The van der Waals surface area contributed by atoms with Crippen molar-refractivity contribution in [2.75, 3.05) is 24.3 Å². The van der Waals surface area contributed by atoms with Gasteiger partial charge in [0.15, 0.2) is 0 Å². The molecule has 1 amide bonds. The van der Waals surface area contributed by atoms with E-state index in [0.29, 0.717) is 29.8 Å². The van der Waals surface area contributed by atoms with Crippen LogP contribution in [0.25, 0.3) is 0 Å². The van der Waals surface area contributed by atoms with Crippen molar-refractivity contribution in [2.45, 2.75) is 64.6 Å². The Morgan fingerprint density at radius 1 is 0.897 bits per heavy atom. The van der Waals surface area contributed by atoms with Crippen LogP contribution in [0.3, 0.4) is 0 Å². The molecular formula is C31H39BN2O5. The number of carbonyl (C=O) groups excluding carboxylic acids is 1. The standard InChI is InChI=1S/C31H39BN2O5/c1-5-7-20-31(21-8-6-2)30(36)34(29-23(22-35)10-9-11-28(29)38-4)32(39-31)24-12-14-25(15-13-24)33-26-16-18-27(37-3)19-17-26/h9-19,33,35H,5-8,20-22H2,1-4H3. The van der Waals surface area contributed by atoms with Gasteiger partial charge in [0, 0.05) is 16.9 Å². The number of rotatable bonds is 13. The van der Waals surface area contributed by atoms with Crippen LogP contribution in [-0.2, 0) is 16.1 Å². The maximum atomic E-state index is 14.4. The highest BCUT2D eigenvalue weighted by molar-refractivity contribution is 6.77. The molecule has 39 heavy (non-hydrogen) atoms. The molecule has 0 atom stereocenters. The van der Waals surface area contributed by atoms with Gasteiger partial charge in [-0.15, -0.1) is 0 Å². The molecule has 7 nitrogen and oxygen atoms in total. The molecule has 1 aliphatic rings. The molecule has 1 heterocycles. The number of anilines is 3. The first kappa shape index (κ1) is 28.5. The number of nitrogens with zero attached hydrogens (tertiary/aromatic N) is 1. The van der Waals surface area contributed by atoms with E-state index in [4.69, 9.17) is 14.1 Å². The predicted molar refractivity (Wildman–Crippen MR) is 157 cm³/mol. The normalized spacial score (nSPS) is 14.5. The van der Waals surface area contributed by atoms with Gasteiger partial charge in [-0.25, -0.2) is 0 Å². The smallest absolute Gasteiger partial charge is 0.459 e. The van der Waals surface area contributed by atoms with Crippen molar-refractivity contribution in [1.29, 1.82) is 0 Å². The Bertz CT molecular complexity index is 1200. The molecule has 0 bridgehead atoms. The number of benzene rings is 3. The Balaban J connectivity index is 1.73. The van der Waals surface area contributed by atoms with Crippen molar-refractivity contribution in [3.63, 3.8) is 0 Å². The molecule has 8 heteroatoms. The summed E-state index contributed by atoms with van der Waals surface area (Å²) in [5, 5.41) is 13.6. The lowest BCUT2D eigenvalue weighted by atomic mass is 9.71. The van der Waals surface area contributed by atoms with Gasteiger partial charge in [0.25, 0.3) is 0 Å². The number of para-hydroxylation sites is 1. The minimum Gasteiger partial charge on any atom is -0.497 e. The van der Waals surface area contributed by atoms with E-state index in [-0.39, 0.29) is 12.5 Å². The number of carbonyl (C=O) groups is 1. The highest BCUT2D eigenvalue weighted by Crippen LogP contribution is 2.42. The van der Waals surface area contributed by atoms with E-state index in [0.717, 1.165) is 48.3 Å². The van der Waals surface area contributed by atoms with E-state index in [2.05, 4.69) is 19.2 Å². The highest BCUT2D eigenvalue weighted by atomic mass is 16.5. The summed E-state index contributed by atoms with van der Waals surface area (Å²) in [5.74, 6) is 1.25. The third-order valence-electron chi connectivity index (χ3n) is 7.34. The number of ether oxygens (including phenoxy) is 2. The lowest BCUT2D eigenvalue weighted by Crippen LogP contribution is -2.47. The van der Waals surface area contributed by atoms with Crippen LogP contribution >= 0.6 is 0 Å². The Morgan fingerprint density at radius 2 is 1.51 bits per heavy atom. The van der Waals surface area contributed by atoms with Crippen LogP contribution in [0.15, 0.2) is 66.7 Å². The fourth-order valence-electron chi connectivity index (χ4n) is 5.17. The van der Waals surface area contributed by atoms with Gasteiger partial charge in [0.1, 0.15) is 17.1 Å². The molecule has 0 aromatic heterocycles. The van der Waals surface area contributed by atoms with Crippen molar-refractivity contribution < 1.29 is 24.0 Å². The molecule has 206 valence electrons. The number of aliphatic hydroxyl groups excluding tert-OH is 1. The molecule has 0 saturated carbocycles. The van der Waals surface area contributed by atoms with Crippen molar-refractivity contribution in [2.24, 2.45) is 0 Å². The summed E-state index contributed by atoms with van der Waals surface area (Å²) in [7, 11) is 2.58. The highest BCUT2D eigenvalue weighted by Gasteiger charge is 2.56. The summed E-state index contributed by atoms with van der Waals surface area (Å²) >= 11 is 0. The van der Waals surface area contributed by atoms with Gasteiger partial charge in [0.05, 0.1) is 26.5 Å². The van der Waals surface area contributed by atoms with Crippen LogP contribution < -0.4 is 25.1 Å². The first-order chi connectivity index (χ1) is 19.0. The second kappa shape index (κ2) is 13.0. The number of unbranched alkanes of at least 4 members (excludes halogenated alkanes) is 2. The minimum absolute atomic E-state index is 0.0750. The molecule has 4 rings (SSSR count). The van der Waals surface area contributed by atoms with Gasteiger partial charge >= 0.3 is 7.05 Å².